The molecule has 1 amide bonds. The van der Waals surface area contributed by atoms with Crippen molar-refractivity contribution < 1.29 is 14.7 Å². The van der Waals surface area contributed by atoms with E-state index in [4.69, 9.17) is 16.7 Å². The number of nitrogens with zero attached hydrogens (tertiary/aromatic N) is 1. The number of thiazole rings is 1. The largest absolute Gasteiger partial charge is 0.481 e. The quantitative estimate of drug-likeness (QED) is 0.761. The highest BCUT2D eigenvalue weighted by molar-refractivity contribution is 7.13. The van der Waals surface area contributed by atoms with Gasteiger partial charge in [0.25, 0.3) is 0 Å². The maximum atomic E-state index is 11.7. The van der Waals surface area contributed by atoms with Gasteiger partial charge in [0.2, 0.25) is 5.91 Å². The van der Waals surface area contributed by atoms with Gasteiger partial charge in [-0.25, -0.2) is 4.98 Å². The maximum absolute atomic E-state index is 11.7. The number of carboxylic acids is 1. The van der Waals surface area contributed by atoms with Crippen molar-refractivity contribution in [3.63, 3.8) is 0 Å². The van der Waals surface area contributed by atoms with Crippen LogP contribution in [0.4, 0.5) is 0 Å². The minimum Gasteiger partial charge on any atom is -0.481 e. The molecule has 5 nitrogen and oxygen atoms in total. The van der Waals surface area contributed by atoms with E-state index in [1.165, 1.54) is 11.3 Å². The second kappa shape index (κ2) is 7.91. The van der Waals surface area contributed by atoms with Crippen molar-refractivity contribution in [1.29, 1.82) is 0 Å². The van der Waals surface area contributed by atoms with Gasteiger partial charge in [-0.3, -0.25) is 9.59 Å². The number of carboxylic acid groups (broad SMARTS) is 1. The highest BCUT2D eigenvalue weighted by atomic mass is 35.5. The molecule has 0 spiro atoms. The molecule has 0 radical (unpaired) electrons. The van der Waals surface area contributed by atoms with Crippen molar-refractivity contribution >= 4 is 34.8 Å². The molecule has 0 aliphatic rings. The van der Waals surface area contributed by atoms with Crippen LogP contribution >= 0.6 is 22.9 Å². The van der Waals surface area contributed by atoms with Gasteiger partial charge in [0.05, 0.1) is 12.1 Å². The van der Waals surface area contributed by atoms with E-state index in [2.05, 4.69) is 10.3 Å². The van der Waals surface area contributed by atoms with Crippen molar-refractivity contribution in [2.24, 2.45) is 0 Å². The van der Waals surface area contributed by atoms with Gasteiger partial charge in [-0.2, -0.15) is 0 Å². The first kappa shape index (κ1) is 16.5. The van der Waals surface area contributed by atoms with Crippen LogP contribution in [-0.4, -0.2) is 28.5 Å². The predicted octanol–water partition coefficient (Wildman–Crippen LogP) is 2.99. The Morgan fingerprint density at radius 2 is 2.00 bits per heavy atom. The summed E-state index contributed by atoms with van der Waals surface area (Å²) in [4.78, 5) is 26.5. The van der Waals surface area contributed by atoms with Crippen LogP contribution in [0.1, 0.15) is 18.5 Å². The fraction of sp³-hybridized carbons (Fsp3) is 0.267. The molecule has 2 rings (SSSR count). The molecule has 0 bridgehead atoms. The van der Waals surface area contributed by atoms with E-state index in [0.29, 0.717) is 23.7 Å². The number of carbonyl (C=O) groups is 2. The highest BCUT2D eigenvalue weighted by Gasteiger charge is 2.09. The van der Waals surface area contributed by atoms with E-state index >= 15 is 0 Å². The Bertz CT molecular complexity index is 655. The number of hydrogen-bond donors (Lipinski definition) is 2. The maximum Gasteiger partial charge on any atom is 0.303 e. The average molecular weight is 339 g/mol. The summed E-state index contributed by atoms with van der Waals surface area (Å²) in [5.74, 6) is -1.01. The van der Waals surface area contributed by atoms with Crippen molar-refractivity contribution in [2.45, 2.75) is 19.3 Å². The fourth-order valence-electron chi connectivity index (χ4n) is 1.81. The number of halogens is 1. The minimum atomic E-state index is -0.860. The third-order valence-electron chi connectivity index (χ3n) is 2.87. The zero-order valence-electron chi connectivity index (χ0n) is 11.7. The number of aliphatic carboxylic acids is 1. The van der Waals surface area contributed by atoms with Gasteiger partial charge in [-0.05, 0) is 18.6 Å². The molecule has 7 heteroatoms. The van der Waals surface area contributed by atoms with E-state index in [1.807, 2.05) is 17.5 Å². The zero-order chi connectivity index (χ0) is 15.9. The fourth-order valence-corrected chi connectivity index (χ4v) is 2.76. The second-order valence-corrected chi connectivity index (χ2v) is 5.97. The van der Waals surface area contributed by atoms with Crippen molar-refractivity contribution in [3.8, 4) is 10.6 Å². The summed E-state index contributed by atoms with van der Waals surface area (Å²) in [6.07, 6.45) is 0.670. The molecule has 1 aromatic heterocycles. The number of rotatable bonds is 7. The Labute approximate surface area is 137 Å². The second-order valence-electron chi connectivity index (χ2n) is 4.67. The number of carbonyl (C=O) groups excluding carboxylic acids is 1. The molecular weight excluding hydrogens is 324 g/mol. The van der Waals surface area contributed by atoms with Crippen molar-refractivity contribution in [1.82, 2.24) is 10.3 Å². The number of hydrogen-bond acceptors (Lipinski definition) is 4. The Morgan fingerprint density at radius 1 is 1.27 bits per heavy atom. The topological polar surface area (TPSA) is 79.3 Å². The third kappa shape index (κ3) is 5.13. The molecule has 116 valence electrons. The molecule has 0 unspecified atom stereocenters. The van der Waals surface area contributed by atoms with Crippen molar-refractivity contribution in [3.05, 3.63) is 40.4 Å². The summed E-state index contributed by atoms with van der Waals surface area (Å²) in [7, 11) is 0. The predicted molar refractivity (Wildman–Crippen MR) is 86.1 cm³/mol. The van der Waals surface area contributed by atoms with E-state index in [1.54, 1.807) is 12.1 Å². The van der Waals surface area contributed by atoms with Crippen molar-refractivity contribution in [2.75, 3.05) is 6.54 Å². The normalized spacial score (nSPS) is 10.4. The molecule has 2 aromatic rings. The van der Waals surface area contributed by atoms with Crippen LogP contribution in [0.15, 0.2) is 29.6 Å². The molecular formula is C15H15ClN2O3S. The van der Waals surface area contributed by atoms with Crippen LogP contribution in [0.2, 0.25) is 5.02 Å². The number of amides is 1. The molecule has 0 aliphatic heterocycles. The van der Waals surface area contributed by atoms with Crippen LogP contribution in [-0.2, 0) is 16.0 Å². The van der Waals surface area contributed by atoms with Gasteiger partial charge in [0, 0.05) is 28.9 Å². The van der Waals surface area contributed by atoms with Crippen LogP contribution in [0.25, 0.3) is 10.6 Å². The van der Waals surface area contributed by atoms with E-state index in [0.717, 1.165) is 10.6 Å². The number of nitrogens with one attached hydrogen (secondary N) is 1. The first-order chi connectivity index (χ1) is 10.5. The summed E-state index contributed by atoms with van der Waals surface area (Å²) in [6, 6.07) is 7.37. The molecule has 1 heterocycles. The molecule has 0 aliphatic carbocycles. The number of aromatic nitrogens is 1. The van der Waals surface area contributed by atoms with E-state index < -0.39 is 5.97 Å². The molecule has 22 heavy (non-hydrogen) atoms. The summed E-state index contributed by atoms with van der Waals surface area (Å²) < 4.78 is 0. The lowest BCUT2D eigenvalue weighted by Gasteiger charge is -2.02. The van der Waals surface area contributed by atoms with Crippen LogP contribution in [0.3, 0.4) is 0 Å². The molecule has 0 atom stereocenters. The Hall–Kier alpha value is -1.92. The summed E-state index contributed by atoms with van der Waals surface area (Å²) >= 11 is 7.32. The minimum absolute atomic E-state index is 0.0533. The molecule has 2 N–H and O–H groups in total. The average Bonchev–Trinajstić information content (AvgIpc) is 2.92. The lowest BCUT2D eigenvalue weighted by molar-refractivity contribution is -0.137. The first-order valence-electron chi connectivity index (χ1n) is 6.73. The van der Waals surface area contributed by atoms with Crippen LogP contribution < -0.4 is 5.32 Å². The van der Waals surface area contributed by atoms with Gasteiger partial charge in [0.1, 0.15) is 5.01 Å². The SMILES string of the molecule is O=C(O)CCCNC(=O)Cc1csc(-c2ccc(Cl)cc2)n1. The molecule has 0 fully saturated rings. The first-order valence-corrected chi connectivity index (χ1v) is 7.99. The Balaban J connectivity index is 1.85. The molecule has 0 saturated carbocycles. The summed E-state index contributed by atoms with van der Waals surface area (Å²) in [5.41, 5.74) is 1.66. The Morgan fingerprint density at radius 3 is 2.68 bits per heavy atom. The van der Waals surface area contributed by atoms with Gasteiger partial charge >= 0.3 is 5.97 Å². The summed E-state index contributed by atoms with van der Waals surface area (Å²) in [6.45, 7) is 0.360. The van der Waals surface area contributed by atoms with Gasteiger partial charge < -0.3 is 10.4 Å². The van der Waals surface area contributed by atoms with E-state index in [-0.39, 0.29) is 18.7 Å². The zero-order valence-corrected chi connectivity index (χ0v) is 13.3. The van der Waals surface area contributed by atoms with Gasteiger partial charge in [0.15, 0.2) is 0 Å². The molecule has 1 aromatic carbocycles. The van der Waals surface area contributed by atoms with Crippen LogP contribution in [0.5, 0.6) is 0 Å². The van der Waals surface area contributed by atoms with E-state index in [9.17, 15) is 9.59 Å². The lowest BCUT2D eigenvalue weighted by atomic mass is 10.2. The number of benzene rings is 1. The van der Waals surface area contributed by atoms with Crippen LogP contribution in [0, 0.1) is 0 Å². The molecule has 0 saturated heterocycles. The van der Waals surface area contributed by atoms with Gasteiger partial charge in [-0.1, -0.05) is 23.7 Å². The lowest BCUT2D eigenvalue weighted by Crippen LogP contribution is -2.26. The summed E-state index contributed by atoms with van der Waals surface area (Å²) in [5, 5.41) is 14.6. The Kier molecular flexibility index (Phi) is 5.91. The third-order valence-corrected chi connectivity index (χ3v) is 4.07. The van der Waals surface area contributed by atoms with Gasteiger partial charge in [-0.15, -0.1) is 11.3 Å². The standard InChI is InChI=1S/C15H15ClN2O3S/c16-11-5-3-10(4-6-11)15-18-12(9-22-15)8-13(19)17-7-1-2-14(20)21/h3-6,9H,1-2,7-8H2,(H,17,19)(H,20,21). The highest BCUT2D eigenvalue weighted by Crippen LogP contribution is 2.25. The smallest absolute Gasteiger partial charge is 0.303 e. The monoisotopic (exact) mass is 338 g/mol.